The molecule has 4 heteroatoms. The van der Waals surface area contributed by atoms with E-state index in [-0.39, 0.29) is 25.5 Å². The first kappa shape index (κ1) is 17.8. The van der Waals surface area contributed by atoms with E-state index in [9.17, 15) is 4.57 Å². The maximum Gasteiger partial charge on any atom is 1.00 e. The summed E-state index contributed by atoms with van der Waals surface area (Å²) in [4.78, 5) is 0. The molecule has 0 aliphatic carbocycles. The van der Waals surface area contributed by atoms with Crippen LogP contribution in [0.2, 0.25) is 0 Å². The Labute approximate surface area is 149 Å². The van der Waals surface area contributed by atoms with Crippen LogP contribution in [0.25, 0.3) is 0 Å². The summed E-state index contributed by atoms with van der Waals surface area (Å²) in [6, 6.07) is 29.4. The molecule has 0 aromatic heterocycles. The molecule has 0 unspecified atom stereocenters. The van der Waals surface area contributed by atoms with Crippen LogP contribution in [-0.2, 0) is 15.7 Å². The van der Waals surface area contributed by atoms with Gasteiger partial charge in [0.05, 0.1) is 6.61 Å². The Hall–Kier alpha value is -1.55. The molecule has 0 N–H and O–H groups in total. The summed E-state index contributed by atoms with van der Waals surface area (Å²) < 4.78 is 19.5. The molecule has 0 saturated heterocycles. The molecular formula is C19H16LiO2P. The third kappa shape index (κ3) is 4.25. The largest absolute Gasteiger partial charge is 1.00 e. The number of benzene rings is 3. The van der Waals surface area contributed by atoms with Crippen LogP contribution >= 0.6 is 7.37 Å². The summed E-state index contributed by atoms with van der Waals surface area (Å²) >= 11 is 0. The van der Waals surface area contributed by atoms with Crippen LogP contribution in [0.3, 0.4) is 0 Å². The fourth-order valence-corrected chi connectivity index (χ4v) is 4.27. The van der Waals surface area contributed by atoms with Crippen molar-refractivity contribution in [2.45, 2.75) is 6.61 Å². The van der Waals surface area contributed by atoms with Crippen LogP contribution in [-0.4, -0.2) is 0 Å². The first-order valence-corrected chi connectivity index (χ1v) is 8.73. The number of hydrogen-bond acceptors (Lipinski definition) is 2. The molecule has 3 rings (SSSR count). The SMILES string of the molecule is O=P(OCc1[c-]cccc1)(c1ccccc1)c1ccccc1.[Li+]. The van der Waals surface area contributed by atoms with Gasteiger partial charge in [-0.1, -0.05) is 36.4 Å². The standard InChI is InChI=1S/C19H16O2P.Li/c20-22(18-12-6-2-7-13-18,19-14-8-3-9-15-19)21-16-17-10-4-1-5-11-17;/h1-10,12-15H,16H2;/q-1;+1. The fourth-order valence-electron chi connectivity index (χ4n) is 2.23. The average molecular weight is 314 g/mol. The van der Waals surface area contributed by atoms with Crippen LogP contribution in [0.1, 0.15) is 5.56 Å². The summed E-state index contributed by atoms with van der Waals surface area (Å²) in [5.41, 5.74) is 0.884. The van der Waals surface area contributed by atoms with E-state index in [4.69, 9.17) is 4.52 Å². The zero-order valence-electron chi connectivity index (χ0n) is 13.1. The van der Waals surface area contributed by atoms with Gasteiger partial charge >= 0.3 is 18.9 Å². The van der Waals surface area contributed by atoms with Gasteiger partial charge in [0.2, 0.25) is 0 Å². The Morgan fingerprint density at radius 1 is 0.783 bits per heavy atom. The van der Waals surface area contributed by atoms with Crippen molar-refractivity contribution in [2.75, 3.05) is 0 Å². The summed E-state index contributed by atoms with van der Waals surface area (Å²) in [7, 11) is -3.11. The van der Waals surface area contributed by atoms with E-state index in [2.05, 4.69) is 6.07 Å². The van der Waals surface area contributed by atoms with Gasteiger partial charge in [0, 0.05) is 10.6 Å². The van der Waals surface area contributed by atoms with E-state index in [1.807, 2.05) is 84.9 Å². The Kier molecular flexibility index (Phi) is 6.45. The first-order chi connectivity index (χ1) is 10.8. The second kappa shape index (κ2) is 8.34. The zero-order chi connectivity index (χ0) is 15.3. The summed E-state index contributed by atoms with van der Waals surface area (Å²) in [6.45, 7) is 0.266. The molecule has 0 amide bonds. The van der Waals surface area contributed by atoms with Crippen LogP contribution < -0.4 is 29.5 Å². The van der Waals surface area contributed by atoms with E-state index in [0.717, 1.165) is 5.56 Å². The predicted octanol–water partition coefficient (Wildman–Crippen LogP) is 0.936. The van der Waals surface area contributed by atoms with E-state index in [1.54, 1.807) is 0 Å². The molecule has 0 spiro atoms. The Bertz CT molecular complexity index is 718. The van der Waals surface area contributed by atoms with Crippen molar-refractivity contribution >= 4 is 18.0 Å². The van der Waals surface area contributed by atoms with Gasteiger partial charge in [-0.2, -0.15) is 30.3 Å². The summed E-state index contributed by atoms with van der Waals surface area (Å²) in [5, 5.41) is 1.41. The molecule has 0 aliphatic heterocycles. The number of hydrogen-bond donors (Lipinski definition) is 0. The zero-order valence-corrected chi connectivity index (χ0v) is 13.9. The van der Waals surface area contributed by atoms with Crippen molar-refractivity contribution < 1.29 is 27.9 Å². The van der Waals surface area contributed by atoms with Crippen LogP contribution in [0.5, 0.6) is 0 Å². The van der Waals surface area contributed by atoms with Crippen molar-refractivity contribution in [3.63, 3.8) is 0 Å². The Balaban J connectivity index is 0.00000192. The minimum atomic E-state index is -3.11. The third-order valence-electron chi connectivity index (χ3n) is 3.37. The molecule has 23 heavy (non-hydrogen) atoms. The van der Waals surface area contributed by atoms with Gasteiger partial charge in [-0.15, -0.1) is 5.56 Å². The van der Waals surface area contributed by atoms with E-state index in [1.165, 1.54) is 0 Å². The Morgan fingerprint density at radius 3 is 1.78 bits per heavy atom. The second-order valence-electron chi connectivity index (χ2n) is 4.88. The maximum atomic E-state index is 13.6. The van der Waals surface area contributed by atoms with Crippen LogP contribution in [0.4, 0.5) is 0 Å². The Morgan fingerprint density at radius 2 is 1.30 bits per heavy atom. The normalized spacial score (nSPS) is 10.8. The second-order valence-corrected chi connectivity index (χ2v) is 7.28. The first-order valence-electron chi connectivity index (χ1n) is 7.10. The minimum Gasteiger partial charge on any atom is -0.319 e. The topological polar surface area (TPSA) is 26.3 Å². The molecule has 110 valence electrons. The van der Waals surface area contributed by atoms with Crippen molar-refractivity contribution in [3.05, 3.63) is 96.6 Å². The van der Waals surface area contributed by atoms with E-state index in [0.29, 0.717) is 10.6 Å². The molecule has 0 bridgehead atoms. The van der Waals surface area contributed by atoms with Gasteiger partial charge in [0.1, 0.15) is 0 Å². The molecule has 0 saturated carbocycles. The predicted molar refractivity (Wildman–Crippen MR) is 89.8 cm³/mol. The summed E-state index contributed by atoms with van der Waals surface area (Å²) in [5.74, 6) is 0. The monoisotopic (exact) mass is 314 g/mol. The van der Waals surface area contributed by atoms with Crippen LogP contribution in [0, 0.1) is 6.07 Å². The summed E-state index contributed by atoms with van der Waals surface area (Å²) in [6.07, 6.45) is 0. The van der Waals surface area contributed by atoms with Gasteiger partial charge in [-0.05, 0) is 24.3 Å². The number of rotatable bonds is 5. The smallest absolute Gasteiger partial charge is 0.319 e. The molecule has 0 radical (unpaired) electrons. The molecule has 2 nitrogen and oxygen atoms in total. The molecule has 3 aromatic carbocycles. The van der Waals surface area contributed by atoms with Crippen molar-refractivity contribution in [1.82, 2.24) is 0 Å². The van der Waals surface area contributed by atoms with Gasteiger partial charge in [0.15, 0.2) is 0 Å². The molecule has 0 aliphatic rings. The minimum absolute atomic E-state index is 0. The van der Waals surface area contributed by atoms with E-state index >= 15 is 0 Å². The quantitative estimate of drug-likeness (QED) is 0.398. The van der Waals surface area contributed by atoms with Gasteiger partial charge < -0.3 is 4.52 Å². The van der Waals surface area contributed by atoms with Crippen molar-refractivity contribution in [3.8, 4) is 0 Å². The van der Waals surface area contributed by atoms with Crippen LogP contribution in [0.15, 0.2) is 84.9 Å². The molecule has 0 heterocycles. The van der Waals surface area contributed by atoms with Crippen molar-refractivity contribution in [2.24, 2.45) is 0 Å². The fraction of sp³-hybridized carbons (Fsp3) is 0.0526. The molecule has 0 fully saturated rings. The average Bonchev–Trinajstić information content (AvgIpc) is 2.62. The molecule has 3 aromatic rings. The molecular weight excluding hydrogens is 298 g/mol. The third-order valence-corrected chi connectivity index (χ3v) is 5.82. The van der Waals surface area contributed by atoms with Gasteiger partial charge in [-0.3, -0.25) is 4.57 Å². The van der Waals surface area contributed by atoms with Crippen molar-refractivity contribution in [1.29, 1.82) is 0 Å². The van der Waals surface area contributed by atoms with E-state index < -0.39 is 7.37 Å². The van der Waals surface area contributed by atoms with Gasteiger partial charge in [-0.25, -0.2) is 0 Å². The maximum absolute atomic E-state index is 13.6. The van der Waals surface area contributed by atoms with Gasteiger partial charge in [0.25, 0.3) is 7.37 Å². The molecule has 0 atom stereocenters.